The van der Waals surface area contributed by atoms with Crippen LogP contribution in [0.1, 0.15) is 26.2 Å². The standard InChI is InChI=1S/C7H13NO2/c1-2-3-7(10)4-5-8-6-9/h6H,2-5H2,1H3,(H,8,9). The summed E-state index contributed by atoms with van der Waals surface area (Å²) in [6.45, 7) is 2.44. The van der Waals surface area contributed by atoms with E-state index in [0.717, 1.165) is 6.42 Å². The topological polar surface area (TPSA) is 46.2 Å². The van der Waals surface area contributed by atoms with Crippen LogP contribution in [0.3, 0.4) is 0 Å². The van der Waals surface area contributed by atoms with Gasteiger partial charge in [-0.25, -0.2) is 0 Å². The fraction of sp³-hybridized carbons (Fsp3) is 0.714. The lowest BCUT2D eigenvalue weighted by atomic mass is 10.2. The van der Waals surface area contributed by atoms with Crippen LogP contribution in [0.4, 0.5) is 0 Å². The van der Waals surface area contributed by atoms with Gasteiger partial charge >= 0.3 is 0 Å². The number of nitrogens with one attached hydrogen (secondary N) is 1. The van der Waals surface area contributed by atoms with Gasteiger partial charge in [-0.1, -0.05) is 6.92 Å². The van der Waals surface area contributed by atoms with E-state index >= 15 is 0 Å². The van der Waals surface area contributed by atoms with Crippen molar-refractivity contribution in [3.05, 3.63) is 0 Å². The lowest BCUT2D eigenvalue weighted by molar-refractivity contribution is -0.119. The summed E-state index contributed by atoms with van der Waals surface area (Å²) in [7, 11) is 0. The molecule has 0 atom stereocenters. The van der Waals surface area contributed by atoms with Crippen molar-refractivity contribution in [2.24, 2.45) is 0 Å². The van der Waals surface area contributed by atoms with Crippen LogP contribution in [0.2, 0.25) is 0 Å². The summed E-state index contributed by atoms with van der Waals surface area (Å²) < 4.78 is 0. The fourth-order valence-corrected chi connectivity index (χ4v) is 0.674. The summed E-state index contributed by atoms with van der Waals surface area (Å²) in [4.78, 5) is 20.5. The lowest BCUT2D eigenvalue weighted by Gasteiger charge is -1.96. The molecule has 0 saturated heterocycles. The highest BCUT2D eigenvalue weighted by molar-refractivity contribution is 5.78. The normalized spacial score (nSPS) is 8.90. The van der Waals surface area contributed by atoms with Gasteiger partial charge in [-0.15, -0.1) is 0 Å². The summed E-state index contributed by atoms with van der Waals surface area (Å²) in [6, 6.07) is 0. The quantitative estimate of drug-likeness (QED) is 0.434. The Morgan fingerprint density at radius 1 is 1.50 bits per heavy atom. The van der Waals surface area contributed by atoms with Crippen molar-refractivity contribution in [3.63, 3.8) is 0 Å². The molecule has 3 heteroatoms. The van der Waals surface area contributed by atoms with Crippen LogP contribution in [-0.4, -0.2) is 18.7 Å². The maximum absolute atomic E-state index is 10.8. The maximum atomic E-state index is 10.8. The van der Waals surface area contributed by atoms with Crippen LogP contribution in [0.5, 0.6) is 0 Å². The highest BCUT2D eigenvalue weighted by Crippen LogP contribution is 1.91. The highest BCUT2D eigenvalue weighted by Gasteiger charge is 1.97. The minimum atomic E-state index is 0.219. The molecule has 0 fully saturated rings. The summed E-state index contributed by atoms with van der Waals surface area (Å²) in [5.41, 5.74) is 0. The number of Topliss-reactive ketones (excluding diaryl/α,β-unsaturated/α-hetero) is 1. The summed E-state index contributed by atoms with van der Waals surface area (Å²) >= 11 is 0. The van der Waals surface area contributed by atoms with Crippen LogP contribution in [0, 0.1) is 0 Å². The summed E-state index contributed by atoms with van der Waals surface area (Å²) in [5.74, 6) is 0.219. The van der Waals surface area contributed by atoms with Gasteiger partial charge < -0.3 is 5.32 Å². The molecule has 0 aromatic carbocycles. The lowest BCUT2D eigenvalue weighted by Crippen LogP contribution is -2.15. The van der Waals surface area contributed by atoms with E-state index in [9.17, 15) is 9.59 Å². The van der Waals surface area contributed by atoms with Gasteiger partial charge in [0.1, 0.15) is 5.78 Å². The van der Waals surface area contributed by atoms with E-state index in [1.165, 1.54) is 0 Å². The molecule has 0 aliphatic carbocycles. The molecule has 0 spiro atoms. The molecule has 0 saturated carbocycles. The Balaban J connectivity index is 3.13. The first-order valence-corrected chi connectivity index (χ1v) is 3.50. The van der Waals surface area contributed by atoms with Gasteiger partial charge in [0.15, 0.2) is 0 Å². The van der Waals surface area contributed by atoms with Gasteiger partial charge in [-0.3, -0.25) is 9.59 Å². The first-order chi connectivity index (χ1) is 4.81. The largest absolute Gasteiger partial charge is 0.358 e. The Bertz CT molecular complexity index is 112. The molecule has 1 N–H and O–H groups in total. The van der Waals surface area contributed by atoms with Crippen LogP contribution >= 0.6 is 0 Å². The predicted molar refractivity (Wildman–Crippen MR) is 38.6 cm³/mol. The maximum Gasteiger partial charge on any atom is 0.207 e. The van der Waals surface area contributed by atoms with Crippen LogP contribution in [0.15, 0.2) is 0 Å². The van der Waals surface area contributed by atoms with E-state index in [0.29, 0.717) is 25.8 Å². The van der Waals surface area contributed by atoms with Gasteiger partial charge in [0.2, 0.25) is 6.41 Å². The van der Waals surface area contributed by atoms with Crippen LogP contribution in [0.25, 0.3) is 0 Å². The van der Waals surface area contributed by atoms with Crippen LogP contribution in [-0.2, 0) is 9.59 Å². The van der Waals surface area contributed by atoms with Crippen molar-refractivity contribution in [2.75, 3.05) is 6.54 Å². The molecule has 58 valence electrons. The first-order valence-electron chi connectivity index (χ1n) is 3.50. The van der Waals surface area contributed by atoms with E-state index < -0.39 is 0 Å². The molecule has 0 aliphatic rings. The van der Waals surface area contributed by atoms with Crippen LogP contribution < -0.4 is 5.32 Å². The molecule has 0 aromatic rings. The van der Waals surface area contributed by atoms with Crippen molar-refractivity contribution >= 4 is 12.2 Å². The summed E-state index contributed by atoms with van der Waals surface area (Å²) in [5, 5.41) is 2.44. The number of ketones is 1. The van der Waals surface area contributed by atoms with E-state index in [1.807, 2.05) is 6.92 Å². The number of hydrogen-bond donors (Lipinski definition) is 1. The Labute approximate surface area is 60.8 Å². The second-order valence-electron chi connectivity index (χ2n) is 2.11. The zero-order chi connectivity index (χ0) is 7.82. The minimum Gasteiger partial charge on any atom is -0.358 e. The third-order valence-electron chi connectivity index (χ3n) is 1.16. The minimum absolute atomic E-state index is 0.219. The summed E-state index contributed by atoms with van der Waals surface area (Å²) in [6.07, 6.45) is 2.59. The van der Waals surface area contributed by atoms with Gasteiger partial charge in [0.05, 0.1) is 0 Å². The molecule has 10 heavy (non-hydrogen) atoms. The molecular formula is C7H13NO2. The third-order valence-corrected chi connectivity index (χ3v) is 1.16. The Morgan fingerprint density at radius 3 is 2.70 bits per heavy atom. The number of carbonyl (C=O) groups excluding carboxylic acids is 2. The van der Waals surface area contributed by atoms with Gasteiger partial charge in [0, 0.05) is 19.4 Å². The molecule has 3 nitrogen and oxygen atoms in total. The first kappa shape index (κ1) is 9.14. The van der Waals surface area contributed by atoms with Gasteiger partial charge in [-0.2, -0.15) is 0 Å². The van der Waals surface area contributed by atoms with Gasteiger partial charge in [0.25, 0.3) is 0 Å². The van der Waals surface area contributed by atoms with Crippen molar-refractivity contribution in [1.29, 1.82) is 0 Å². The molecule has 0 aromatic heterocycles. The highest BCUT2D eigenvalue weighted by atomic mass is 16.1. The van der Waals surface area contributed by atoms with E-state index in [-0.39, 0.29) is 5.78 Å². The van der Waals surface area contributed by atoms with Crippen molar-refractivity contribution < 1.29 is 9.59 Å². The Kier molecular flexibility index (Phi) is 5.72. The van der Waals surface area contributed by atoms with E-state index in [2.05, 4.69) is 5.32 Å². The third kappa shape index (κ3) is 5.28. The smallest absolute Gasteiger partial charge is 0.207 e. The average Bonchev–Trinajstić information content (AvgIpc) is 1.89. The molecule has 1 amide bonds. The van der Waals surface area contributed by atoms with Crippen molar-refractivity contribution in [2.45, 2.75) is 26.2 Å². The zero-order valence-corrected chi connectivity index (χ0v) is 6.22. The number of amides is 1. The van der Waals surface area contributed by atoms with E-state index in [1.54, 1.807) is 0 Å². The fourth-order valence-electron chi connectivity index (χ4n) is 0.674. The molecule has 0 unspecified atom stereocenters. The van der Waals surface area contributed by atoms with Crippen molar-refractivity contribution in [3.8, 4) is 0 Å². The SMILES string of the molecule is CCCC(=O)CCNC=O. The molecule has 0 aliphatic heterocycles. The van der Waals surface area contributed by atoms with Crippen molar-refractivity contribution in [1.82, 2.24) is 5.32 Å². The molecule has 0 rings (SSSR count). The second kappa shape index (κ2) is 6.26. The number of hydrogen-bond acceptors (Lipinski definition) is 2. The predicted octanol–water partition coefficient (Wildman–Crippen LogP) is 0.492. The Hall–Kier alpha value is -0.860. The molecule has 0 heterocycles. The van der Waals surface area contributed by atoms with E-state index in [4.69, 9.17) is 0 Å². The number of rotatable bonds is 6. The average molecular weight is 143 g/mol. The second-order valence-corrected chi connectivity index (χ2v) is 2.11. The Morgan fingerprint density at radius 2 is 2.20 bits per heavy atom. The zero-order valence-electron chi connectivity index (χ0n) is 6.22. The van der Waals surface area contributed by atoms with Gasteiger partial charge in [-0.05, 0) is 6.42 Å². The monoisotopic (exact) mass is 143 g/mol. The molecular weight excluding hydrogens is 130 g/mol. The number of carbonyl (C=O) groups is 2. The molecule has 0 radical (unpaired) electrons. The molecule has 0 bridgehead atoms.